The van der Waals surface area contributed by atoms with Crippen molar-refractivity contribution in [2.75, 3.05) is 11.9 Å². The second-order valence-corrected chi connectivity index (χ2v) is 5.19. The van der Waals surface area contributed by atoms with E-state index in [-0.39, 0.29) is 16.7 Å². The summed E-state index contributed by atoms with van der Waals surface area (Å²) < 4.78 is 0. The normalized spacial score (nSPS) is 12.0. The molecular formula is C13H15BrN2O. The number of alkyl halides is 1. The molecule has 4 heteroatoms. The van der Waals surface area contributed by atoms with E-state index in [0.29, 0.717) is 5.56 Å². The van der Waals surface area contributed by atoms with Gasteiger partial charge in [-0.1, -0.05) is 29.8 Å². The Morgan fingerprint density at radius 3 is 2.29 bits per heavy atom. The number of rotatable bonds is 3. The minimum atomic E-state index is -0.192. The molecule has 0 heterocycles. The van der Waals surface area contributed by atoms with Gasteiger partial charge in [-0.15, -0.1) is 0 Å². The van der Waals surface area contributed by atoms with Gasteiger partial charge in [-0.05, 0) is 30.2 Å². The maximum absolute atomic E-state index is 12.1. The van der Waals surface area contributed by atoms with E-state index < -0.39 is 0 Å². The molecule has 0 radical (unpaired) electrons. The van der Waals surface area contributed by atoms with Crippen LogP contribution in [0.3, 0.4) is 0 Å². The zero-order chi connectivity index (χ0) is 13.0. The first kappa shape index (κ1) is 13.7. The van der Waals surface area contributed by atoms with Crippen molar-refractivity contribution in [2.24, 2.45) is 5.92 Å². The van der Waals surface area contributed by atoms with Gasteiger partial charge in [-0.25, -0.2) is 0 Å². The van der Waals surface area contributed by atoms with E-state index in [4.69, 9.17) is 5.26 Å². The Hall–Kier alpha value is -1.34. The lowest BCUT2D eigenvalue weighted by Crippen LogP contribution is -2.35. The SMILES string of the molecule is CC(C)C(Br)C(=O)N(C)c1ccc(C#N)cc1. The number of hydrogen-bond acceptors (Lipinski definition) is 2. The smallest absolute Gasteiger partial charge is 0.240 e. The molecule has 0 saturated heterocycles. The average Bonchev–Trinajstić information content (AvgIpc) is 2.36. The molecule has 1 aromatic carbocycles. The van der Waals surface area contributed by atoms with Crippen LogP contribution in [0.25, 0.3) is 0 Å². The van der Waals surface area contributed by atoms with Crippen molar-refractivity contribution >= 4 is 27.5 Å². The van der Waals surface area contributed by atoms with Crippen LogP contribution >= 0.6 is 15.9 Å². The molecule has 90 valence electrons. The summed E-state index contributed by atoms with van der Waals surface area (Å²) >= 11 is 3.39. The Kier molecular flexibility index (Phi) is 4.71. The molecule has 1 aromatic rings. The number of halogens is 1. The third-order valence-corrected chi connectivity index (χ3v) is 3.98. The number of anilines is 1. The maximum Gasteiger partial charge on any atom is 0.240 e. The highest BCUT2D eigenvalue weighted by Crippen LogP contribution is 2.20. The second-order valence-electron chi connectivity index (χ2n) is 4.20. The van der Waals surface area contributed by atoms with Gasteiger partial charge < -0.3 is 4.90 Å². The molecule has 0 aliphatic carbocycles. The van der Waals surface area contributed by atoms with Gasteiger partial charge in [0.1, 0.15) is 0 Å². The van der Waals surface area contributed by atoms with Crippen molar-refractivity contribution in [3.8, 4) is 6.07 Å². The van der Waals surface area contributed by atoms with E-state index >= 15 is 0 Å². The third kappa shape index (κ3) is 3.31. The second kappa shape index (κ2) is 5.83. The Balaban J connectivity index is 2.85. The number of hydrogen-bond donors (Lipinski definition) is 0. The minimum absolute atomic E-state index is 0.0182. The zero-order valence-electron chi connectivity index (χ0n) is 10.1. The highest BCUT2D eigenvalue weighted by molar-refractivity contribution is 9.10. The van der Waals surface area contributed by atoms with Crippen LogP contribution in [-0.2, 0) is 4.79 Å². The van der Waals surface area contributed by atoms with Crippen LogP contribution in [-0.4, -0.2) is 17.8 Å². The van der Waals surface area contributed by atoms with Crippen LogP contribution in [0.4, 0.5) is 5.69 Å². The van der Waals surface area contributed by atoms with Gasteiger partial charge in [0, 0.05) is 12.7 Å². The minimum Gasteiger partial charge on any atom is -0.315 e. The molecule has 3 nitrogen and oxygen atoms in total. The summed E-state index contributed by atoms with van der Waals surface area (Å²) in [5.41, 5.74) is 1.38. The molecule has 1 atom stereocenters. The summed E-state index contributed by atoms with van der Waals surface area (Å²) in [6.07, 6.45) is 0. The fourth-order valence-electron chi connectivity index (χ4n) is 1.36. The quantitative estimate of drug-likeness (QED) is 0.805. The average molecular weight is 295 g/mol. The van der Waals surface area contributed by atoms with Gasteiger partial charge in [-0.2, -0.15) is 5.26 Å². The number of nitriles is 1. The van der Waals surface area contributed by atoms with E-state index in [9.17, 15) is 4.79 Å². The first-order valence-corrected chi connectivity index (χ1v) is 6.30. The topological polar surface area (TPSA) is 44.1 Å². The molecule has 0 fully saturated rings. The van der Waals surface area contributed by atoms with Crippen LogP contribution in [0.1, 0.15) is 19.4 Å². The number of benzene rings is 1. The monoisotopic (exact) mass is 294 g/mol. The van der Waals surface area contributed by atoms with Crippen molar-refractivity contribution in [1.82, 2.24) is 0 Å². The highest BCUT2D eigenvalue weighted by Gasteiger charge is 2.22. The van der Waals surface area contributed by atoms with Gasteiger partial charge in [0.2, 0.25) is 5.91 Å². The van der Waals surface area contributed by atoms with Crippen molar-refractivity contribution in [3.63, 3.8) is 0 Å². The Labute approximate surface area is 110 Å². The Bertz CT molecular complexity index is 434. The number of amides is 1. The van der Waals surface area contributed by atoms with Crippen LogP contribution in [0.15, 0.2) is 24.3 Å². The molecule has 17 heavy (non-hydrogen) atoms. The van der Waals surface area contributed by atoms with Crippen molar-refractivity contribution in [2.45, 2.75) is 18.7 Å². The Morgan fingerprint density at radius 2 is 1.88 bits per heavy atom. The number of carbonyl (C=O) groups is 1. The fraction of sp³-hybridized carbons (Fsp3) is 0.385. The number of nitrogens with zero attached hydrogens (tertiary/aromatic N) is 2. The lowest BCUT2D eigenvalue weighted by atomic mass is 10.1. The number of carbonyl (C=O) groups excluding carboxylic acids is 1. The zero-order valence-corrected chi connectivity index (χ0v) is 11.7. The molecule has 1 amide bonds. The fourth-order valence-corrected chi connectivity index (χ4v) is 1.66. The molecule has 0 aromatic heterocycles. The molecule has 0 saturated carbocycles. The van der Waals surface area contributed by atoms with E-state index in [0.717, 1.165) is 5.69 Å². The van der Waals surface area contributed by atoms with Crippen molar-refractivity contribution in [3.05, 3.63) is 29.8 Å². The molecule has 0 aliphatic heterocycles. The van der Waals surface area contributed by atoms with Crippen LogP contribution in [0, 0.1) is 17.2 Å². The van der Waals surface area contributed by atoms with Gasteiger partial charge in [0.05, 0.1) is 16.5 Å². The van der Waals surface area contributed by atoms with Gasteiger partial charge in [0.25, 0.3) is 0 Å². The molecule has 0 spiro atoms. The first-order chi connectivity index (χ1) is 7.97. The molecule has 0 aliphatic rings. The predicted octanol–water partition coefficient (Wildman–Crippen LogP) is 2.94. The largest absolute Gasteiger partial charge is 0.315 e. The third-order valence-electron chi connectivity index (χ3n) is 2.54. The maximum atomic E-state index is 12.1. The first-order valence-electron chi connectivity index (χ1n) is 5.39. The summed E-state index contributed by atoms with van der Waals surface area (Å²) in [6.45, 7) is 3.98. The highest BCUT2D eigenvalue weighted by atomic mass is 79.9. The van der Waals surface area contributed by atoms with Gasteiger partial charge in [0.15, 0.2) is 0 Å². The summed E-state index contributed by atoms with van der Waals surface area (Å²) in [7, 11) is 1.74. The molecular weight excluding hydrogens is 280 g/mol. The summed E-state index contributed by atoms with van der Waals surface area (Å²) in [5, 5.41) is 8.70. The lowest BCUT2D eigenvalue weighted by molar-refractivity contribution is -0.118. The van der Waals surface area contributed by atoms with Gasteiger partial charge >= 0.3 is 0 Å². The standard InChI is InChI=1S/C13H15BrN2O/c1-9(2)12(14)13(17)16(3)11-6-4-10(8-15)5-7-11/h4-7,9,12H,1-3H3. The van der Waals surface area contributed by atoms with Crippen LogP contribution < -0.4 is 4.90 Å². The molecule has 0 bridgehead atoms. The molecule has 0 N–H and O–H groups in total. The molecule has 1 rings (SSSR count). The summed E-state index contributed by atoms with van der Waals surface area (Å²) in [6, 6.07) is 9.01. The summed E-state index contributed by atoms with van der Waals surface area (Å²) in [4.78, 5) is 13.5. The van der Waals surface area contributed by atoms with Crippen molar-refractivity contribution in [1.29, 1.82) is 5.26 Å². The van der Waals surface area contributed by atoms with E-state index in [1.807, 2.05) is 13.8 Å². The van der Waals surface area contributed by atoms with Crippen LogP contribution in [0.5, 0.6) is 0 Å². The van der Waals surface area contributed by atoms with E-state index in [1.165, 1.54) is 0 Å². The van der Waals surface area contributed by atoms with Gasteiger partial charge in [-0.3, -0.25) is 4.79 Å². The predicted molar refractivity (Wildman–Crippen MR) is 72.1 cm³/mol. The van der Waals surface area contributed by atoms with Crippen molar-refractivity contribution < 1.29 is 4.79 Å². The van der Waals surface area contributed by atoms with Crippen LogP contribution in [0.2, 0.25) is 0 Å². The van der Waals surface area contributed by atoms with E-state index in [2.05, 4.69) is 22.0 Å². The lowest BCUT2D eigenvalue weighted by Gasteiger charge is -2.22. The molecule has 1 unspecified atom stereocenters. The Morgan fingerprint density at radius 1 is 1.35 bits per heavy atom. The summed E-state index contributed by atoms with van der Waals surface area (Å²) in [5.74, 6) is 0.257. The van der Waals surface area contributed by atoms with E-state index in [1.54, 1.807) is 36.2 Å².